The Balaban J connectivity index is 1.54. The molecule has 0 radical (unpaired) electrons. The van der Waals surface area contributed by atoms with Gasteiger partial charge in [-0.1, -0.05) is 0 Å². The molecule has 1 saturated carbocycles. The van der Waals surface area contributed by atoms with Gasteiger partial charge in [-0.15, -0.1) is 11.3 Å². The minimum absolute atomic E-state index is 0.385. The second-order valence-electron chi connectivity index (χ2n) is 5.43. The SMILES string of the molecule is CCOC1CCCN(c2ncc(CNC3CC3)s2)C1. The maximum atomic E-state index is 5.75. The van der Waals surface area contributed by atoms with Gasteiger partial charge in [0.15, 0.2) is 5.13 Å². The zero-order valence-corrected chi connectivity index (χ0v) is 12.4. The van der Waals surface area contributed by atoms with E-state index in [4.69, 9.17) is 4.74 Å². The molecule has 1 aromatic rings. The fraction of sp³-hybridized carbons (Fsp3) is 0.786. The molecular weight excluding hydrogens is 258 g/mol. The van der Waals surface area contributed by atoms with Crippen LogP contribution in [0.2, 0.25) is 0 Å². The predicted molar refractivity (Wildman–Crippen MR) is 78.8 cm³/mol. The number of rotatable bonds is 6. The first-order valence-corrected chi connectivity index (χ1v) is 8.21. The van der Waals surface area contributed by atoms with Crippen LogP contribution in [-0.2, 0) is 11.3 Å². The van der Waals surface area contributed by atoms with E-state index in [0.29, 0.717) is 6.10 Å². The molecule has 2 heterocycles. The summed E-state index contributed by atoms with van der Waals surface area (Å²) < 4.78 is 5.75. The lowest BCUT2D eigenvalue weighted by Gasteiger charge is -2.32. The Labute approximate surface area is 119 Å². The Morgan fingerprint density at radius 2 is 2.37 bits per heavy atom. The Hall–Kier alpha value is -0.650. The van der Waals surface area contributed by atoms with Crippen LogP contribution in [0, 0.1) is 0 Å². The molecule has 1 aromatic heterocycles. The van der Waals surface area contributed by atoms with Crippen molar-refractivity contribution in [3.63, 3.8) is 0 Å². The fourth-order valence-corrected chi connectivity index (χ4v) is 3.44. The van der Waals surface area contributed by atoms with Gasteiger partial charge in [0.1, 0.15) is 0 Å². The number of ether oxygens (including phenoxy) is 1. The monoisotopic (exact) mass is 281 g/mol. The van der Waals surface area contributed by atoms with Gasteiger partial charge in [0, 0.05) is 43.4 Å². The van der Waals surface area contributed by atoms with Crippen LogP contribution >= 0.6 is 11.3 Å². The van der Waals surface area contributed by atoms with Crippen LogP contribution in [0.5, 0.6) is 0 Å². The Bertz CT molecular complexity index is 403. The third kappa shape index (κ3) is 3.68. The molecule has 0 aromatic carbocycles. The summed E-state index contributed by atoms with van der Waals surface area (Å²) in [6.07, 6.45) is 7.49. The molecule has 1 unspecified atom stereocenters. The maximum Gasteiger partial charge on any atom is 0.185 e. The molecule has 4 nitrogen and oxygen atoms in total. The van der Waals surface area contributed by atoms with Crippen LogP contribution in [0.3, 0.4) is 0 Å². The Morgan fingerprint density at radius 1 is 1.47 bits per heavy atom. The predicted octanol–water partition coefficient (Wildman–Crippen LogP) is 2.40. The number of hydrogen-bond acceptors (Lipinski definition) is 5. The van der Waals surface area contributed by atoms with Crippen LogP contribution in [0.15, 0.2) is 6.20 Å². The number of thiazole rings is 1. The van der Waals surface area contributed by atoms with E-state index in [2.05, 4.69) is 22.1 Å². The highest BCUT2D eigenvalue weighted by Crippen LogP contribution is 2.27. The molecule has 1 aliphatic heterocycles. The summed E-state index contributed by atoms with van der Waals surface area (Å²) in [5.74, 6) is 0. The van der Waals surface area contributed by atoms with Crippen molar-refractivity contribution in [3.8, 4) is 0 Å². The summed E-state index contributed by atoms with van der Waals surface area (Å²) in [6, 6.07) is 0.767. The molecular formula is C14H23N3OS. The first kappa shape index (κ1) is 13.3. The van der Waals surface area contributed by atoms with Gasteiger partial charge in [0.25, 0.3) is 0 Å². The Morgan fingerprint density at radius 3 is 3.16 bits per heavy atom. The minimum Gasteiger partial charge on any atom is -0.377 e. The van der Waals surface area contributed by atoms with E-state index in [9.17, 15) is 0 Å². The molecule has 1 saturated heterocycles. The molecule has 0 amide bonds. The summed E-state index contributed by atoms with van der Waals surface area (Å²) in [6.45, 7) is 5.98. The number of nitrogens with zero attached hydrogens (tertiary/aromatic N) is 2. The highest BCUT2D eigenvalue weighted by Gasteiger charge is 2.23. The zero-order chi connectivity index (χ0) is 13.1. The zero-order valence-electron chi connectivity index (χ0n) is 11.6. The maximum absolute atomic E-state index is 5.75. The standard InChI is InChI=1S/C14H23N3OS/c1-2-18-12-4-3-7-17(10-12)14-16-9-13(19-14)8-15-11-5-6-11/h9,11-12,15H,2-8,10H2,1H3. The van der Waals surface area contributed by atoms with E-state index in [1.807, 2.05) is 17.5 Å². The lowest BCUT2D eigenvalue weighted by molar-refractivity contribution is 0.0526. The van der Waals surface area contributed by atoms with Crippen molar-refractivity contribution in [1.82, 2.24) is 10.3 Å². The van der Waals surface area contributed by atoms with Crippen molar-refractivity contribution in [2.75, 3.05) is 24.6 Å². The average Bonchev–Trinajstić information content (AvgIpc) is 3.14. The quantitative estimate of drug-likeness (QED) is 0.869. The first-order valence-electron chi connectivity index (χ1n) is 7.40. The highest BCUT2D eigenvalue weighted by atomic mass is 32.1. The van der Waals surface area contributed by atoms with E-state index in [0.717, 1.165) is 37.4 Å². The van der Waals surface area contributed by atoms with Crippen molar-refractivity contribution in [3.05, 3.63) is 11.1 Å². The van der Waals surface area contributed by atoms with Crippen molar-refractivity contribution in [2.45, 2.75) is 51.3 Å². The molecule has 19 heavy (non-hydrogen) atoms. The van der Waals surface area contributed by atoms with Gasteiger partial charge in [-0.3, -0.25) is 0 Å². The molecule has 2 fully saturated rings. The molecule has 1 aliphatic carbocycles. The lowest BCUT2D eigenvalue weighted by atomic mass is 10.1. The Kier molecular flexibility index (Phi) is 4.35. The van der Waals surface area contributed by atoms with E-state index in [1.54, 1.807) is 0 Å². The van der Waals surface area contributed by atoms with Gasteiger partial charge < -0.3 is 15.0 Å². The van der Waals surface area contributed by atoms with E-state index in [1.165, 1.54) is 30.6 Å². The van der Waals surface area contributed by atoms with Gasteiger partial charge in [0.2, 0.25) is 0 Å². The van der Waals surface area contributed by atoms with Crippen LogP contribution in [0.4, 0.5) is 5.13 Å². The molecule has 106 valence electrons. The third-order valence-electron chi connectivity index (χ3n) is 3.73. The highest BCUT2D eigenvalue weighted by molar-refractivity contribution is 7.15. The van der Waals surface area contributed by atoms with Crippen molar-refractivity contribution < 1.29 is 4.74 Å². The van der Waals surface area contributed by atoms with Crippen LogP contribution in [0.1, 0.15) is 37.5 Å². The van der Waals surface area contributed by atoms with Crippen LogP contribution in [-0.4, -0.2) is 36.8 Å². The normalized spacial score (nSPS) is 23.8. The van der Waals surface area contributed by atoms with E-state index < -0.39 is 0 Å². The number of aromatic nitrogens is 1. The van der Waals surface area contributed by atoms with Crippen molar-refractivity contribution >= 4 is 16.5 Å². The number of hydrogen-bond donors (Lipinski definition) is 1. The van der Waals surface area contributed by atoms with Gasteiger partial charge in [0.05, 0.1) is 6.10 Å². The van der Waals surface area contributed by atoms with Gasteiger partial charge in [-0.2, -0.15) is 0 Å². The third-order valence-corrected chi connectivity index (χ3v) is 4.79. The molecule has 0 spiro atoms. The number of piperidine rings is 1. The molecule has 1 atom stereocenters. The summed E-state index contributed by atoms with van der Waals surface area (Å²) in [4.78, 5) is 8.31. The van der Waals surface area contributed by atoms with Crippen molar-refractivity contribution in [2.24, 2.45) is 0 Å². The van der Waals surface area contributed by atoms with Crippen molar-refractivity contribution in [1.29, 1.82) is 0 Å². The largest absolute Gasteiger partial charge is 0.377 e. The molecule has 5 heteroatoms. The lowest BCUT2D eigenvalue weighted by Crippen LogP contribution is -2.39. The average molecular weight is 281 g/mol. The topological polar surface area (TPSA) is 37.4 Å². The molecule has 3 rings (SSSR count). The molecule has 2 aliphatic rings. The van der Waals surface area contributed by atoms with Crippen LogP contribution in [0.25, 0.3) is 0 Å². The summed E-state index contributed by atoms with van der Waals surface area (Å²) >= 11 is 1.83. The summed E-state index contributed by atoms with van der Waals surface area (Å²) in [7, 11) is 0. The van der Waals surface area contributed by atoms with Gasteiger partial charge >= 0.3 is 0 Å². The summed E-state index contributed by atoms with van der Waals surface area (Å²) in [5.41, 5.74) is 0. The van der Waals surface area contributed by atoms with E-state index >= 15 is 0 Å². The number of anilines is 1. The number of nitrogens with one attached hydrogen (secondary N) is 1. The smallest absolute Gasteiger partial charge is 0.185 e. The molecule has 1 N–H and O–H groups in total. The second-order valence-corrected chi connectivity index (χ2v) is 6.52. The fourth-order valence-electron chi connectivity index (χ4n) is 2.54. The van der Waals surface area contributed by atoms with E-state index in [-0.39, 0.29) is 0 Å². The second kappa shape index (κ2) is 6.20. The van der Waals surface area contributed by atoms with Gasteiger partial charge in [-0.25, -0.2) is 4.98 Å². The van der Waals surface area contributed by atoms with Gasteiger partial charge in [-0.05, 0) is 32.6 Å². The molecule has 0 bridgehead atoms. The van der Waals surface area contributed by atoms with Crippen LogP contribution < -0.4 is 10.2 Å². The summed E-state index contributed by atoms with van der Waals surface area (Å²) in [5, 5.41) is 4.71. The minimum atomic E-state index is 0.385. The first-order chi connectivity index (χ1) is 9.35.